The van der Waals surface area contributed by atoms with E-state index in [-0.39, 0.29) is 43.2 Å². The number of ether oxygens (including phenoxy) is 1. The van der Waals surface area contributed by atoms with Crippen LogP contribution < -0.4 is 5.32 Å². The van der Waals surface area contributed by atoms with E-state index in [0.29, 0.717) is 6.42 Å². The molecule has 0 aromatic heterocycles. The number of halogens is 1. The van der Waals surface area contributed by atoms with Gasteiger partial charge in [-0.05, 0) is 38.0 Å². The van der Waals surface area contributed by atoms with Gasteiger partial charge in [0.2, 0.25) is 5.91 Å². The lowest BCUT2D eigenvalue weighted by Gasteiger charge is -2.08. The van der Waals surface area contributed by atoms with Crippen LogP contribution in [0, 0.1) is 5.82 Å². The molecule has 0 aliphatic heterocycles. The molecule has 1 aromatic carbocycles. The highest BCUT2D eigenvalue weighted by molar-refractivity contribution is 5.77. The van der Waals surface area contributed by atoms with Gasteiger partial charge in [0.1, 0.15) is 5.82 Å². The maximum Gasteiger partial charge on any atom is 0.307 e. The number of esters is 1. The van der Waals surface area contributed by atoms with E-state index in [1.165, 1.54) is 12.1 Å². The zero-order valence-corrected chi connectivity index (χ0v) is 11.8. The van der Waals surface area contributed by atoms with Crippen molar-refractivity contribution in [3.63, 3.8) is 0 Å². The zero-order chi connectivity index (χ0) is 15.0. The molecule has 0 fully saturated rings. The van der Waals surface area contributed by atoms with E-state index in [1.807, 2.05) is 0 Å². The molecule has 1 N–H and O–H groups in total. The number of carbonyl (C=O) groups is 2. The SMILES string of the molecule is CC(C)OC(=O)CCNC(=O)CCc1cccc(F)c1. The van der Waals surface area contributed by atoms with Crippen molar-refractivity contribution in [3.05, 3.63) is 35.6 Å². The highest BCUT2D eigenvalue weighted by Crippen LogP contribution is 2.06. The summed E-state index contributed by atoms with van der Waals surface area (Å²) in [6, 6.07) is 6.16. The molecular weight excluding hydrogens is 261 g/mol. The van der Waals surface area contributed by atoms with Gasteiger partial charge in [-0.2, -0.15) is 0 Å². The number of benzene rings is 1. The van der Waals surface area contributed by atoms with Gasteiger partial charge >= 0.3 is 5.97 Å². The van der Waals surface area contributed by atoms with Crippen LogP contribution in [0.1, 0.15) is 32.3 Å². The number of amides is 1. The highest BCUT2D eigenvalue weighted by Gasteiger charge is 2.07. The molecule has 5 heteroatoms. The van der Waals surface area contributed by atoms with Gasteiger partial charge < -0.3 is 10.1 Å². The largest absolute Gasteiger partial charge is 0.463 e. The third kappa shape index (κ3) is 6.87. The summed E-state index contributed by atoms with van der Waals surface area (Å²) >= 11 is 0. The minimum Gasteiger partial charge on any atom is -0.463 e. The Hall–Kier alpha value is -1.91. The predicted octanol–water partition coefficient (Wildman–Crippen LogP) is 2.22. The molecule has 0 bridgehead atoms. The number of aryl methyl sites for hydroxylation is 1. The fourth-order valence-electron chi connectivity index (χ4n) is 1.66. The lowest BCUT2D eigenvalue weighted by atomic mass is 10.1. The van der Waals surface area contributed by atoms with Crippen LogP contribution in [0.2, 0.25) is 0 Å². The lowest BCUT2D eigenvalue weighted by molar-refractivity contribution is -0.147. The Morgan fingerprint density at radius 2 is 2.05 bits per heavy atom. The van der Waals surface area contributed by atoms with Crippen LogP contribution in [-0.2, 0) is 20.7 Å². The van der Waals surface area contributed by atoms with Crippen LogP contribution in [-0.4, -0.2) is 24.5 Å². The van der Waals surface area contributed by atoms with Gasteiger partial charge in [0, 0.05) is 13.0 Å². The standard InChI is InChI=1S/C15H20FNO3/c1-11(2)20-15(19)8-9-17-14(18)7-6-12-4-3-5-13(16)10-12/h3-5,10-11H,6-9H2,1-2H3,(H,17,18). The highest BCUT2D eigenvalue weighted by atomic mass is 19.1. The number of hydrogen-bond donors (Lipinski definition) is 1. The molecule has 1 rings (SSSR count). The normalized spacial score (nSPS) is 10.4. The van der Waals surface area contributed by atoms with Crippen LogP contribution >= 0.6 is 0 Å². The molecule has 0 heterocycles. The molecule has 4 nitrogen and oxygen atoms in total. The molecule has 0 saturated heterocycles. The number of rotatable bonds is 7. The Labute approximate surface area is 118 Å². The second-order valence-corrected chi connectivity index (χ2v) is 4.77. The van der Waals surface area contributed by atoms with Crippen LogP contribution in [0.3, 0.4) is 0 Å². The molecule has 1 aromatic rings. The molecule has 0 unspecified atom stereocenters. The number of hydrogen-bond acceptors (Lipinski definition) is 3. The first-order valence-corrected chi connectivity index (χ1v) is 6.68. The number of nitrogens with one attached hydrogen (secondary N) is 1. The first-order chi connectivity index (χ1) is 9.47. The molecule has 0 aliphatic carbocycles. The molecule has 0 atom stereocenters. The van der Waals surface area contributed by atoms with E-state index >= 15 is 0 Å². The van der Waals surface area contributed by atoms with Crippen molar-refractivity contribution in [1.82, 2.24) is 5.32 Å². The summed E-state index contributed by atoms with van der Waals surface area (Å²) < 4.78 is 17.9. The van der Waals surface area contributed by atoms with Crippen LogP contribution in [0.5, 0.6) is 0 Å². The van der Waals surface area contributed by atoms with E-state index in [1.54, 1.807) is 26.0 Å². The summed E-state index contributed by atoms with van der Waals surface area (Å²) in [6.45, 7) is 3.80. The van der Waals surface area contributed by atoms with Gasteiger partial charge in [-0.3, -0.25) is 9.59 Å². The molecular formula is C15H20FNO3. The fourth-order valence-corrected chi connectivity index (χ4v) is 1.66. The van der Waals surface area contributed by atoms with Crippen molar-refractivity contribution in [2.24, 2.45) is 0 Å². The average Bonchev–Trinajstić information content (AvgIpc) is 2.35. The van der Waals surface area contributed by atoms with Crippen molar-refractivity contribution in [1.29, 1.82) is 0 Å². The first-order valence-electron chi connectivity index (χ1n) is 6.68. The molecule has 20 heavy (non-hydrogen) atoms. The van der Waals surface area contributed by atoms with E-state index < -0.39 is 0 Å². The van der Waals surface area contributed by atoms with Gasteiger partial charge in [0.25, 0.3) is 0 Å². The zero-order valence-electron chi connectivity index (χ0n) is 11.8. The Kier molecular flexibility index (Phi) is 6.70. The molecule has 1 amide bonds. The quantitative estimate of drug-likeness (QED) is 0.780. The smallest absolute Gasteiger partial charge is 0.307 e. The first kappa shape index (κ1) is 16.1. The van der Waals surface area contributed by atoms with Crippen molar-refractivity contribution >= 4 is 11.9 Å². The summed E-state index contributed by atoms with van der Waals surface area (Å²) in [5, 5.41) is 2.64. The Bertz CT molecular complexity index is 460. The van der Waals surface area contributed by atoms with E-state index in [9.17, 15) is 14.0 Å². The fraction of sp³-hybridized carbons (Fsp3) is 0.467. The van der Waals surface area contributed by atoms with E-state index in [4.69, 9.17) is 4.74 Å². The van der Waals surface area contributed by atoms with Crippen LogP contribution in [0.25, 0.3) is 0 Å². The van der Waals surface area contributed by atoms with Gasteiger partial charge in [0.05, 0.1) is 12.5 Å². The second-order valence-electron chi connectivity index (χ2n) is 4.77. The third-order valence-electron chi connectivity index (χ3n) is 2.55. The van der Waals surface area contributed by atoms with Crippen molar-refractivity contribution in [3.8, 4) is 0 Å². The number of carbonyl (C=O) groups excluding carboxylic acids is 2. The Morgan fingerprint density at radius 1 is 1.30 bits per heavy atom. The maximum atomic E-state index is 12.9. The van der Waals surface area contributed by atoms with Crippen molar-refractivity contribution in [2.75, 3.05) is 6.54 Å². The predicted molar refractivity (Wildman–Crippen MR) is 73.6 cm³/mol. The minimum atomic E-state index is -0.328. The molecule has 110 valence electrons. The van der Waals surface area contributed by atoms with Crippen LogP contribution in [0.4, 0.5) is 4.39 Å². The van der Waals surface area contributed by atoms with Gasteiger partial charge in [0.15, 0.2) is 0 Å². The summed E-state index contributed by atoms with van der Waals surface area (Å²) in [5.74, 6) is -0.795. The van der Waals surface area contributed by atoms with Crippen molar-refractivity contribution < 1.29 is 18.7 Å². The van der Waals surface area contributed by atoms with Gasteiger partial charge in [-0.15, -0.1) is 0 Å². The summed E-state index contributed by atoms with van der Waals surface area (Å²) in [7, 11) is 0. The Morgan fingerprint density at radius 3 is 2.70 bits per heavy atom. The molecule has 0 saturated carbocycles. The summed E-state index contributed by atoms with van der Waals surface area (Å²) in [4.78, 5) is 22.8. The van der Waals surface area contributed by atoms with E-state index in [0.717, 1.165) is 5.56 Å². The summed E-state index contributed by atoms with van der Waals surface area (Å²) in [6.07, 6.45) is 0.748. The topological polar surface area (TPSA) is 55.4 Å². The van der Waals surface area contributed by atoms with Gasteiger partial charge in [-0.25, -0.2) is 4.39 Å². The molecule has 0 aliphatic rings. The lowest BCUT2D eigenvalue weighted by Crippen LogP contribution is -2.27. The second kappa shape index (κ2) is 8.30. The van der Waals surface area contributed by atoms with Crippen LogP contribution in [0.15, 0.2) is 24.3 Å². The third-order valence-corrected chi connectivity index (χ3v) is 2.55. The molecule has 0 radical (unpaired) electrons. The average molecular weight is 281 g/mol. The minimum absolute atomic E-state index is 0.147. The maximum absolute atomic E-state index is 12.9. The van der Waals surface area contributed by atoms with E-state index in [2.05, 4.69) is 5.32 Å². The van der Waals surface area contributed by atoms with Gasteiger partial charge in [-0.1, -0.05) is 12.1 Å². The monoisotopic (exact) mass is 281 g/mol. The summed E-state index contributed by atoms with van der Waals surface area (Å²) in [5.41, 5.74) is 0.777. The Balaban J connectivity index is 2.19. The van der Waals surface area contributed by atoms with Crippen molar-refractivity contribution in [2.45, 2.75) is 39.2 Å². The molecule has 0 spiro atoms.